The van der Waals surface area contributed by atoms with Gasteiger partial charge in [-0.15, -0.1) is 5.10 Å². The van der Waals surface area contributed by atoms with Crippen LogP contribution >= 0.6 is 0 Å². The van der Waals surface area contributed by atoms with Gasteiger partial charge in [-0.05, 0) is 6.07 Å². The topological polar surface area (TPSA) is 109 Å². The Morgan fingerprint density at radius 2 is 2.30 bits per heavy atom. The zero-order chi connectivity index (χ0) is 14.5. The molecule has 0 spiro atoms. The Balaban J connectivity index is 1.96. The minimum atomic E-state index is -0.958. The van der Waals surface area contributed by atoms with E-state index in [1.54, 1.807) is 23.4 Å². The van der Waals surface area contributed by atoms with E-state index < -0.39 is 5.97 Å². The summed E-state index contributed by atoms with van der Waals surface area (Å²) in [6.45, 7) is 0.203. The second-order valence-corrected chi connectivity index (χ2v) is 4.29. The van der Waals surface area contributed by atoms with Gasteiger partial charge in [-0.1, -0.05) is 5.21 Å². The van der Waals surface area contributed by atoms with Crippen LogP contribution in [0.15, 0.2) is 18.5 Å². The summed E-state index contributed by atoms with van der Waals surface area (Å²) in [5.41, 5.74) is 0.635. The summed E-state index contributed by atoms with van der Waals surface area (Å²) in [5.74, 6) is 0.307. The predicted molar refractivity (Wildman–Crippen MR) is 71.3 cm³/mol. The minimum Gasteiger partial charge on any atom is -0.480 e. The molecule has 0 radical (unpaired) electrons. The number of carboxylic acid groups (broad SMARTS) is 1. The van der Waals surface area contributed by atoms with Crippen LogP contribution in [0.25, 0.3) is 0 Å². The van der Waals surface area contributed by atoms with Crippen LogP contribution in [-0.4, -0.2) is 50.1 Å². The molecule has 2 rings (SSSR count). The highest BCUT2D eigenvalue weighted by Crippen LogP contribution is 2.08. The average molecular weight is 277 g/mol. The smallest absolute Gasteiger partial charge is 0.325 e. The molecule has 0 bridgehead atoms. The maximum absolute atomic E-state index is 10.5. The standard InChI is InChI=1S/C11H15N7O2/c1-17(2)11-12-4-3-9(14-11)13-5-8-6-18(16-15-8)7-10(19)20/h3-4,6H,5,7H2,1-2H3,(H,19,20)(H,12,13,14). The third-order valence-corrected chi connectivity index (χ3v) is 2.38. The highest BCUT2D eigenvalue weighted by molar-refractivity contribution is 5.66. The summed E-state index contributed by atoms with van der Waals surface area (Å²) >= 11 is 0. The van der Waals surface area contributed by atoms with E-state index in [0.717, 1.165) is 0 Å². The van der Waals surface area contributed by atoms with Gasteiger partial charge >= 0.3 is 5.97 Å². The first-order valence-electron chi connectivity index (χ1n) is 5.89. The fourth-order valence-corrected chi connectivity index (χ4v) is 1.48. The van der Waals surface area contributed by atoms with Gasteiger partial charge in [0.05, 0.1) is 12.7 Å². The molecule has 0 aromatic carbocycles. The van der Waals surface area contributed by atoms with Crippen LogP contribution in [0.3, 0.4) is 0 Å². The van der Waals surface area contributed by atoms with Gasteiger partial charge in [0.1, 0.15) is 18.1 Å². The highest BCUT2D eigenvalue weighted by atomic mass is 16.4. The SMILES string of the molecule is CN(C)c1nccc(NCc2cn(CC(=O)O)nn2)n1. The van der Waals surface area contributed by atoms with E-state index in [0.29, 0.717) is 24.0 Å². The monoisotopic (exact) mass is 277 g/mol. The number of carbonyl (C=O) groups is 1. The van der Waals surface area contributed by atoms with E-state index in [1.807, 2.05) is 14.1 Å². The van der Waals surface area contributed by atoms with Crippen molar-refractivity contribution >= 4 is 17.7 Å². The first-order chi connectivity index (χ1) is 9.54. The van der Waals surface area contributed by atoms with Gasteiger partial charge in [0.15, 0.2) is 0 Å². The molecule has 0 aliphatic heterocycles. The summed E-state index contributed by atoms with van der Waals surface area (Å²) in [5, 5.41) is 19.3. The second-order valence-electron chi connectivity index (χ2n) is 4.29. The molecule has 2 heterocycles. The van der Waals surface area contributed by atoms with E-state index in [9.17, 15) is 4.79 Å². The molecule has 0 aliphatic carbocycles. The maximum atomic E-state index is 10.5. The molecule has 9 nitrogen and oxygen atoms in total. The molecule has 0 aliphatic rings. The van der Waals surface area contributed by atoms with Gasteiger partial charge in [-0.25, -0.2) is 9.67 Å². The zero-order valence-electron chi connectivity index (χ0n) is 11.2. The fourth-order valence-electron chi connectivity index (χ4n) is 1.48. The van der Waals surface area contributed by atoms with Crippen molar-refractivity contribution in [3.05, 3.63) is 24.2 Å². The lowest BCUT2D eigenvalue weighted by atomic mass is 10.4. The third-order valence-electron chi connectivity index (χ3n) is 2.38. The largest absolute Gasteiger partial charge is 0.480 e. The maximum Gasteiger partial charge on any atom is 0.325 e. The molecule has 20 heavy (non-hydrogen) atoms. The molecular formula is C11H15N7O2. The molecule has 2 N–H and O–H groups in total. The van der Waals surface area contributed by atoms with Crippen molar-refractivity contribution in [3.63, 3.8) is 0 Å². The third kappa shape index (κ3) is 3.64. The van der Waals surface area contributed by atoms with Gasteiger partial charge in [-0.3, -0.25) is 4.79 Å². The van der Waals surface area contributed by atoms with Gasteiger partial charge < -0.3 is 15.3 Å². The molecule has 2 aromatic heterocycles. The Bertz CT molecular complexity index is 596. The molecule has 0 atom stereocenters. The first-order valence-corrected chi connectivity index (χ1v) is 5.89. The lowest BCUT2D eigenvalue weighted by Crippen LogP contribution is -2.13. The molecule has 0 fully saturated rings. The van der Waals surface area contributed by atoms with Gasteiger partial charge in [0, 0.05) is 20.3 Å². The summed E-state index contributed by atoms with van der Waals surface area (Å²) in [6, 6.07) is 1.74. The summed E-state index contributed by atoms with van der Waals surface area (Å²) in [6.07, 6.45) is 3.24. The van der Waals surface area contributed by atoms with E-state index in [-0.39, 0.29) is 6.54 Å². The van der Waals surface area contributed by atoms with E-state index in [1.165, 1.54) is 4.68 Å². The van der Waals surface area contributed by atoms with Crippen molar-refractivity contribution in [3.8, 4) is 0 Å². The Morgan fingerprint density at radius 3 is 3.00 bits per heavy atom. The van der Waals surface area contributed by atoms with E-state index in [2.05, 4.69) is 25.6 Å². The number of aromatic nitrogens is 5. The lowest BCUT2D eigenvalue weighted by Gasteiger charge is -2.11. The molecule has 9 heteroatoms. The van der Waals surface area contributed by atoms with Crippen LogP contribution < -0.4 is 10.2 Å². The fraction of sp³-hybridized carbons (Fsp3) is 0.364. The number of nitrogens with one attached hydrogen (secondary N) is 1. The molecule has 0 unspecified atom stereocenters. The molecule has 106 valence electrons. The Morgan fingerprint density at radius 1 is 1.50 bits per heavy atom. The van der Waals surface area contributed by atoms with Crippen molar-refractivity contribution in [2.75, 3.05) is 24.3 Å². The van der Waals surface area contributed by atoms with Crippen molar-refractivity contribution in [2.45, 2.75) is 13.1 Å². The van der Waals surface area contributed by atoms with Crippen LogP contribution in [0.5, 0.6) is 0 Å². The van der Waals surface area contributed by atoms with Crippen LogP contribution in [0.1, 0.15) is 5.69 Å². The number of hydrogen-bond acceptors (Lipinski definition) is 7. The van der Waals surface area contributed by atoms with E-state index >= 15 is 0 Å². The number of anilines is 2. The van der Waals surface area contributed by atoms with Gasteiger partial charge in [0.25, 0.3) is 0 Å². The molecule has 0 amide bonds. The number of nitrogens with zero attached hydrogens (tertiary/aromatic N) is 6. The van der Waals surface area contributed by atoms with Crippen LogP contribution in [0.2, 0.25) is 0 Å². The lowest BCUT2D eigenvalue weighted by molar-refractivity contribution is -0.137. The first kappa shape index (κ1) is 13.7. The quantitative estimate of drug-likeness (QED) is 0.749. The molecular weight excluding hydrogens is 262 g/mol. The normalized spacial score (nSPS) is 10.3. The van der Waals surface area contributed by atoms with E-state index in [4.69, 9.17) is 5.11 Å². The summed E-state index contributed by atoms with van der Waals surface area (Å²) in [7, 11) is 3.72. The van der Waals surface area contributed by atoms with Crippen LogP contribution in [-0.2, 0) is 17.9 Å². The number of aliphatic carboxylic acids is 1. The van der Waals surface area contributed by atoms with Gasteiger partial charge in [-0.2, -0.15) is 4.98 Å². The van der Waals surface area contributed by atoms with Crippen LogP contribution in [0, 0.1) is 0 Å². The average Bonchev–Trinajstić information content (AvgIpc) is 2.83. The number of hydrogen-bond donors (Lipinski definition) is 2. The van der Waals surface area contributed by atoms with Gasteiger partial charge in [0.2, 0.25) is 5.95 Å². The van der Waals surface area contributed by atoms with Crippen molar-refractivity contribution < 1.29 is 9.90 Å². The molecule has 0 saturated heterocycles. The Labute approximate surface area is 115 Å². The Kier molecular flexibility index (Phi) is 4.08. The summed E-state index contributed by atoms with van der Waals surface area (Å²) < 4.78 is 1.27. The summed E-state index contributed by atoms with van der Waals surface area (Å²) in [4.78, 5) is 20.7. The predicted octanol–water partition coefficient (Wildman–Crippen LogP) is -0.169. The van der Waals surface area contributed by atoms with Crippen molar-refractivity contribution in [1.82, 2.24) is 25.0 Å². The molecule has 0 saturated carbocycles. The van der Waals surface area contributed by atoms with Crippen molar-refractivity contribution in [1.29, 1.82) is 0 Å². The zero-order valence-corrected chi connectivity index (χ0v) is 11.2. The van der Waals surface area contributed by atoms with Crippen molar-refractivity contribution in [2.24, 2.45) is 0 Å². The minimum absolute atomic E-state index is 0.203. The number of rotatable bonds is 6. The van der Waals surface area contributed by atoms with Crippen LogP contribution in [0.4, 0.5) is 11.8 Å². The second kappa shape index (κ2) is 5.95. The number of carboxylic acids is 1. The highest BCUT2D eigenvalue weighted by Gasteiger charge is 2.05. The molecule has 2 aromatic rings. The Hall–Kier alpha value is -2.71.